The first-order chi connectivity index (χ1) is 13.6. The van der Waals surface area contributed by atoms with Gasteiger partial charge in [-0.25, -0.2) is 9.78 Å². The Labute approximate surface area is 166 Å². The molecule has 1 amide bonds. The predicted octanol–water partition coefficient (Wildman–Crippen LogP) is 4.19. The van der Waals surface area contributed by atoms with Crippen LogP contribution in [-0.2, 0) is 17.6 Å². The van der Waals surface area contributed by atoms with Gasteiger partial charge in [0.25, 0.3) is 5.91 Å². The normalized spacial score (nSPS) is 13.6. The number of aryl methyl sites for hydroxylation is 2. The average molecular weight is 395 g/mol. The lowest BCUT2D eigenvalue weighted by Crippen LogP contribution is -2.12. The first-order valence-corrected chi connectivity index (χ1v) is 10.1. The van der Waals surface area contributed by atoms with E-state index in [9.17, 15) is 9.59 Å². The molecule has 4 rings (SSSR count). The van der Waals surface area contributed by atoms with Crippen LogP contribution in [0.2, 0.25) is 0 Å². The van der Waals surface area contributed by atoms with Crippen LogP contribution in [0.4, 0.5) is 11.4 Å². The molecule has 6 nitrogen and oxygen atoms in total. The number of carbonyl (C=O) groups excluding carboxylic acids is 2. The van der Waals surface area contributed by atoms with Crippen LogP contribution in [0.3, 0.4) is 0 Å². The van der Waals surface area contributed by atoms with Crippen LogP contribution < -0.4 is 11.1 Å². The van der Waals surface area contributed by atoms with Gasteiger partial charge in [-0.1, -0.05) is 6.42 Å². The Morgan fingerprint density at radius 1 is 1.14 bits per heavy atom. The highest BCUT2D eigenvalue weighted by Crippen LogP contribution is 2.35. The van der Waals surface area contributed by atoms with Crippen molar-refractivity contribution in [2.24, 2.45) is 0 Å². The highest BCUT2D eigenvalue weighted by Gasteiger charge is 2.20. The number of nitrogens with one attached hydrogen (secondary N) is 1. The minimum absolute atomic E-state index is 0.276. The van der Waals surface area contributed by atoms with Gasteiger partial charge < -0.3 is 15.8 Å². The minimum atomic E-state index is -0.419. The van der Waals surface area contributed by atoms with E-state index in [1.54, 1.807) is 24.3 Å². The second-order valence-electron chi connectivity index (χ2n) is 6.88. The van der Waals surface area contributed by atoms with Gasteiger partial charge in [-0.15, -0.1) is 11.3 Å². The molecular weight excluding hydrogens is 374 g/mol. The SMILES string of the molecule is COC(=O)c1ccc(NC(=O)c2sc3nc4c(cc3c2N)CCCCC4)cc1. The fraction of sp³-hybridized carbons (Fsp3) is 0.286. The molecule has 3 N–H and O–H groups in total. The topological polar surface area (TPSA) is 94.3 Å². The van der Waals surface area contributed by atoms with Gasteiger partial charge in [-0.05, 0) is 61.6 Å². The number of nitrogens with two attached hydrogens (primary N) is 1. The van der Waals surface area contributed by atoms with Crippen molar-refractivity contribution in [3.05, 3.63) is 52.0 Å². The van der Waals surface area contributed by atoms with Gasteiger partial charge in [-0.2, -0.15) is 0 Å². The highest BCUT2D eigenvalue weighted by molar-refractivity contribution is 7.21. The second kappa shape index (κ2) is 7.59. The van der Waals surface area contributed by atoms with E-state index in [0.29, 0.717) is 21.8 Å². The summed E-state index contributed by atoms with van der Waals surface area (Å²) in [4.78, 5) is 30.3. The molecule has 0 bridgehead atoms. The van der Waals surface area contributed by atoms with E-state index in [1.807, 2.05) is 0 Å². The zero-order chi connectivity index (χ0) is 19.7. The maximum Gasteiger partial charge on any atom is 0.337 e. The average Bonchev–Trinajstić information content (AvgIpc) is 2.88. The van der Waals surface area contributed by atoms with Gasteiger partial charge in [-0.3, -0.25) is 4.79 Å². The summed E-state index contributed by atoms with van der Waals surface area (Å²) < 4.78 is 4.68. The van der Waals surface area contributed by atoms with Crippen molar-refractivity contribution >= 4 is 44.8 Å². The second-order valence-corrected chi connectivity index (χ2v) is 7.87. The zero-order valence-electron chi connectivity index (χ0n) is 15.6. The quantitative estimate of drug-likeness (QED) is 0.512. The number of amides is 1. The maximum absolute atomic E-state index is 12.8. The Morgan fingerprint density at radius 3 is 2.64 bits per heavy atom. The van der Waals surface area contributed by atoms with E-state index >= 15 is 0 Å². The number of nitrogen functional groups attached to an aromatic ring is 1. The number of carbonyl (C=O) groups is 2. The largest absolute Gasteiger partial charge is 0.465 e. The molecule has 7 heteroatoms. The lowest BCUT2D eigenvalue weighted by molar-refractivity contribution is 0.0600. The van der Waals surface area contributed by atoms with Crippen molar-refractivity contribution in [3.63, 3.8) is 0 Å². The van der Waals surface area contributed by atoms with E-state index in [1.165, 1.54) is 36.9 Å². The fourth-order valence-corrected chi connectivity index (χ4v) is 4.49. The van der Waals surface area contributed by atoms with Crippen LogP contribution in [0.1, 0.15) is 50.5 Å². The Balaban J connectivity index is 1.60. The number of hydrogen-bond donors (Lipinski definition) is 2. The van der Waals surface area contributed by atoms with E-state index < -0.39 is 5.97 Å². The summed E-state index contributed by atoms with van der Waals surface area (Å²) in [5.41, 5.74) is 10.2. The number of rotatable bonds is 3. The molecule has 3 aromatic rings. The number of esters is 1. The van der Waals surface area contributed by atoms with Crippen molar-refractivity contribution in [1.29, 1.82) is 0 Å². The molecule has 144 valence electrons. The summed E-state index contributed by atoms with van der Waals surface area (Å²) in [5.74, 6) is -0.695. The molecule has 1 aromatic carbocycles. The van der Waals surface area contributed by atoms with Crippen LogP contribution in [0.5, 0.6) is 0 Å². The number of thiophene rings is 1. The van der Waals surface area contributed by atoms with Crippen molar-refractivity contribution < 1.29 is 14.3 Å². The standard InChI is InChI=1S/C21H21N3O3S/c1-27-21(26)12-7-9-14(10-8-12)23-19(25)18-17(22)15-11-13-5-3-2-4-6-16(13)24-20(15)28-18/h7-11H,2-6,22H2,1H3,(H,23,25). The number of nitrogens with zero attached hydrogens (tertiary/aromatic N) is 1. The summed E-state index contributed by atoms with van der Waals surface area (Å²) in [6, 6.07) is 8.64. The summed E-state index contributed by atoms with van der Waals surface area (Å²) >= 11 is 1.32. The van der Waals surface area contributed by atoms with E-state index in [0.717, 1.165) is 35.2 Å². The third-order valence-corrected chi connectivity index (χ3v) is 6.13. The number of benzene rings is 1. The van der Waals surface area contributed by atoms with Gasteiger partial charge in [0.1, 0.15) is 9.71 Å². The van der Waals surface area contributed by atoms with Crippen molar-refractivity contribution in [2.75, 3.05) is 18.2 Å². The molecule has 0 aliphatic heterocycles. The number of pyridine rings is 1. The van der Waals surface area contributed by atoms with E-state index in [-0.39, 0.29) is 5.91 Å². The van der Waals surface area contributed by atoms with E-state index in [2.05, 4.69) is 16.1 Å². The molecule has 28 heavy (non-hydrogen) atoms. The first kappa shape index (κ1) is 18.4. The molecule has 0 saturated carbocycles. The summed E-state index contributed by atoms with van der Waals surface area (Å²) in [6.07, 6.45) is 5.54. The molecule has 0 radical (unpaired) electrons. The van der Waals surface area contributed by atoms with Gasteiger partial charge >= 0.3 is 5.97 Å². The Morgan fingerprint density at radius 2 is 1.89 bits per heavy atom. The van der Waals surface area contributed by atoms with Gasteiger partial charge in [0.15, 0.2) is 0 Å². The smallest absolute Gasteiger partial charge is 0.337 e. The highest BCUT2D eigenvalue weighted by atomic mass is 32.1. The Kier molecular flexibility index (Phi) is 5.00. The minimum Gasteiger partial charge on any atom is -0.465 e. The van der Waals surface area contributed by atoms with Gasteiger partial charge in [0.2, 0.25) is 0 Å². The molecule has 0 unspecified atom stereocenters. The summed E-state index contributed by atoms with van der Waals surface area (Å²) in [6.45, 7) is 0. The molecule has 0 fully saturated rings. The number of hydrogen-bond acceptors (Lipinski definition) is 6. The molecular formula is C21H21N3O3S. The van der Waals surface area contributed by atoms with E-state index in [4.69, 9.17) is 10.7 Å². The number of methoxy groups -OCH3 is 1. The van der Waals surface area contributed by atoms with Crippen LogP contribution in [0.25, 0.3) is 10.2 Å². The number of aromatic nitrogens is 1. The maximum atomic E-state index is 12.8. The molecule has 1 aliphatic rings. The fourth-order valence-electron chi connectivity index (χ4n) is 3.50. The number of anilines is 2. The molecule has 0 saturated heterocycles. The number of ether oxygens (including phenoxy) is 1. The summed E-state index contributed by atoms with van der Waals surface area (Å²) in [5, 5.41) is 3.69. The molecule has 2 heterocycles. The van der Waals surface area contributed by atoms with Crippen molar-refractivity contribution in [1.82, 2.24) is 4.98 Å². The molecule has 0 spiro atoms. The van der Waals surface area contributed by atoms with Crippen molar-refractivity contribution in [3.8, 4) is 0 Å². The predicted molar refractivity (Wildman–Crippen MR) is 111 cm³/mol. The molecule has 1 aliphatic carbocycles. The lowest BCUT2D eigenvalue weighted by atomic mass is 10.1. The third kappa shape index (κ3) is 3.45. The Hall–Kier alpha value is -2.93. The Bertz CT molecular complexity index is 1060. The summed E-state index contributed by atoms with van der Waals surface area (Å²) in [7, 11) is 1.33. The van der Waals surface area contributed by atoms with Crippen molar-refractivity contribution in [2.45, 2.75) is 32.1 Å². The zero-order valence-corrected chi connectivity index (χ0v) is 16.4. The monoisotopic (exact) mass is 395 g/mol. The lowest BCUT2D eigenvalue weighted by Gasteiger charge is -2.06. The molecule has 2 aromatic heterocycles. The molecule has 0 atom stereocenters. The third-order valence-electron chi connectivity index (χ3n) is 5.02. The van der Waals surface area contributed by atoms with Gasteiger partial charge in [0.05, 0.1) is 18.4 Å². The van der Waals surface area contributed by atoms with Crippen LogP contribution in [0, 0.1) is 0 Å². The number of fused-ring (bicyclic) bond motifs is 2. The first-order valence-electron chi connectivity index (χ1n) is 9.27. The van der Waals surface area contributed by atoms with Crippen LogP contribution in [0.15, 0.2) is 30.3 Å². The van der Waals surface area contributed by atoms with Gasteiger partial charge in [0, 0.05) is 16.8 Å². The van der Waals surface area contributed by atoms with Crippen LogP contribution >= 0.6 is 11.3 Å². The van der Waals surface area contributed by atoms with Crippen LogP contribution in [-0.4, -0.2) is 24.0 Å².